The molecule has 0 aromatic rings. The van der Waals surface area contributed by atoms with Crippen molar-refractivity contribution in [3.05, 3.63) is 0 Å². The highest BCUT2D eigenvalue weighted by Gasteiger charge is 2.17. The number of likely N-dealkylation sites (tertiary alicyclic amines) is 1. The van der Waals surface area contributed by atoms with Crippen LogP contribution in [0.1, 0.15) is 60.3 Å². The highest BCUT2D eigenvalue weighted by molar-refractivity contribution is 4.72. The molecule has 2 heterocycles. The van der Waals surface area contributed by atoms with Gasteiger partial charge in [0.25, 0.3) is 0 Å². The van der Waals surface area contributed by atoms with Gasteiger partial charge in [0, 0.05) is 12.6 Å². The van der Waals surface area contributed by atoms with Gasteiger partial charge in [-0.15, -0.1) is 0 Å². The smallest absolute Gasteiger partial charge is 0.00387 e. The Hall–Kier alpha value is -0.0800. The molecule has 1 N–H and O–H groups in total. The number of hydrogen-bond donors (Lipinski definition) is 1. The Morgan fingerprint density at radius 3 is 2.00 bits per heavy atom. The monoisotopic (exact) mass is 268 g/mol. The minimum atomic E-state index is 0.753. The quantitative estimate of drug-likeness (QED) is 0.820. The second-order valence-electron chi connectivity index (χ2n) is 7.17. The Labute approximate surface area is 121 Å². The summed E-state index contributed by atoms with van der Waals surface area (Å²) >= 11 is 0. The van der Waals surface area contributed by atoms with E-state index in [1.807, 2.05) is 0 Å². The maximum atomic E-state index is 3.37. The van der Waals surface area contributed by atoms with Crippen molar-refractivity contribution in [2.24, 2.45) is 17.8 Å². The van der Waals surface area contributed by atoms with Crippen LogP contribution in [0.3, 0.4) is 0 Å². The van der Waals surface area contributed by atoms with E-state index in [0.717, 1.165) is 23.8 Å². The van der Waals surface area contributed by atoms with Gasteiger partial charge in [-0.1, -0.05) is 20.8 Å². The summed E-state index contributed by atoms with van der Waals surface area (Å²) in [6.45, 7) is 16.7. The van der Waals surface area contributed by atoms with Gasteiger partial charge >= 0.3 is 0 Å². The Bertz CT molecular complexity index is 219. The van der Waals surface area contributed by atoms with E-state index in [2.05, 4.69) is 44.8 Å². The van der Waals surface area contributed by atoms with E-state index in [9.17, 15) is 0 Å². The van der Waals surface area contributed by atoms with Crippen LogP contribution in [0.5, 0.6) is 0 Å². The van der Waals surface area contributed by atoms with Crippen LogP contribution in [-0.2, 0) is 0 Å². The number of hydrogen-bond acceptors (Lipinski definition) is 2. The van der Waals surface area contributed by atoms with Crippen molar-refractivity contribution in [1.82, 2.24) is 10.2 Å². The minimum absolute atomic E-state index is 0.753. The largest absolute Gasteiger partial charge is 0.317 e. The predicted molar refractivity (Wildman–Crippen MR) is 85.5 cm³/mol. The zero-order valence-electron chi connectivity index (χ0n) is 13.9. The topological polar surface area (TPSA) is 15.3 Å². The van der Waals surface area contributed by atoms with Crippen LogP contribution < -0.4 is 5.32 Å². The molecular weight excluding hydrogens is 232 g/mol. The van der Waals surface area contributed by atoms with Crippen molar-refractivity contribution >= 4 is 0 Å². The van der Waals surface area contributed by atoms with Gasteiger partial charge in [0.2, 0.25) is 0 Å². The van der Waals surface area contributed by atoms with E-state index in [1.165, 1.54) is 51.9 Å². The average Bonchev–Trinajstić information content (AvgIpc) is 2.40. The molecule has 19 heavy (non-hydrogen) atoms. The Morgan fingerprint density at radius 1 is 1.00 bits per heavy atom. The molecule has 2 saturated heterocycles. The lowest BCUT2D eigenvalue weighted by Crippen LogP contribution is -2.38. The van der Waals surface area contributed by atoms with Crippen molar-refractivity contribution in [3.63, 3.8) is 0 Å². The van der Waals surface area contributed by atoms with Crippen LogP contribution in [0.25, 0.3) is 0 Å². The van der Waals surface area contributed by atoms with Gasteiger partial charge in [-0.3, -0.25) is 0 Å². The highest BCUT2D eigenvalue weighted by Crippen LogP contribution is 2.20. The lowest BCUT2D eigenvalue weighted by atomic mass is 9.87. The van der Waals surface area contributed by atoms with Gasteiger partial charge < -0.3 is 10.2 Å². The zero-order chi connectivity index (χ0) is 14.3. The second-order valence-corrected chi connectivity index (χ2v) is 7.17. The second kappa shape index (κ2) is 8.97. The molecule has 0 aromatic carbocycles. The molecular formula is C17H36N2. The number of nitrogens with one attached hydrogen (secondary N) is 1. The molecule has 0 unspecified atom stereocenters. The third-order valence-corrected chi connectivity index (χ3v) is 4.75. The maximum absolute atomic E-state index is 3.37. The molecule has 114 valence electrons. The average molecular weight is 268 g/mol. The molecule has 2 fully saturated rings. The van der Waals surface area contributed by atoms with Crippen LogP contribution in [0.15, 0.2) is 0 Å². The van der Waals surface area contributed by atoms with Crippen molar-refractivity contribution in [2.45, 2.75) is 66.3 Å². The summed E-state index contributed by atoms with van der Waals surface area (Å²) in [6, 6.07) is 0.753. The third kappa shape index (κ3) is 6.76. The summed E-state index contributed by atoms with van der Waals surface area (Å²) in [5.41, 5.74) is 0. The molecule has 0 aliphatic carbocycles. The Morgan fingerprint density at radius 2 is 1.63 bits per heavy atom. The molecule has 2 nitrogen and oxygen atoms in total. The molecule has 1 atom stereocenters. The summed E-state index contributed by atoms with van der Waals surface area (Å²) in [5, 5.41) is 3.37. The van der Waals surface area contributed by atoms with E-state index in [4.69, 9.17) is 0 Å². The molecule has 0 aromatic heterocycles. The SMILES string of the molecule is CC(C)C1CCNCC1.CC(C)N1CCC[C@@H](C)C1. The van der Waals surface area contributed by atoms with Gasteiger partial charge in [0.15, 0.2) is 0 Å². The first-order valence-electron chi connectivity index (χ1n) is 8.45. The van der Waals surface area contributed by atoms with Crippen LogP contribution in [-0.4, -0.2) is 37.1 Å². The first-order valence-corrected chi connectivity index (χ1v) is 8.45. The van der Waals surface area contributed by atoms with E-state index >= 15 is 0 Å². The molecule has 0 spiro atoms. The van der Waals surface area contributed by atoms with E-state index in [1.54, 1.807) is 0 Å². The maximum Gasteiger partial charge on any atom is 0.00387 e. The normalized spacial score (nSPS) is 26.4. The standard InChI is InChI=1S/C9H19N.C8H17N/c1-8(2)10-6-4-5-9(3)7-10;1-7(2)8-3-5-9-6-4-8/h8-9H,4-7H2,1-3H3;7-9H,3-6H2,1-2H3/t9-;/m1./s1. The van der Waals surface area contributed by atoms with Gasteiger partial charge in [-0.2, -0.15) is 0 Å². The van der Waals surface area contributed by atoms with Crippen molar-refractivity contribution in [3.8, 4) is 0 Å². The third-order valence-electron chi connectivity index (χ3n) is 4.75. The first kappa shape index (κ1) is 17.0. The summed E-state index contributed by atoms with van der Waals surface area (Å²) in [7, 11) is 0. The molecule has 0 radical (unpaired) electrons. The molecule has 2 rings (SSSR count). The zero-order valence-corrected chi connectivity index (χ0v) is 13.9. The van der Waals surface area contributed by atoms with Crippen LogP contribution in [0.4, 0.5) is 0 Å². The number of nitrogens with zero attached hydrogens (tertiary/aromatic N) is 1. The van der Waals surface area contributed by atoms with Crippen LogP contribution >= 0.6 is 0 Å². The lowest BCUT2D eigenvalue weighted by molar-refractivity contribution is 0.147. The predicted octanol–water partition coefficient (Wildman–Crippen LogP) is 3.77. The minimum Gasteiger partial charge on any atom is -0.317 e. The Balaban J connectivity index is 0.000000191. The molecule has 0 amide bonds. The van der Waals surface area contributed by atoms with Crippen molar-refractivity contribution in [2.75, 3.05) is 26.2 Å². The van der Waals surface area contributed by atoms with Crippen molar-refractivity contribution < 1.29 is 0 Å². The van der Waals surface area contributed by atoms with E-state index in [-0.39, 0.29) is 0 Å². The summed E-state index contributed by atoms with van der Waals surface area (Å²) < 4.78 is 0. The fraction of sp³-hybridized carbons (Fsp3) is 1.00. The molecule has 2 heteroatoms. The fourth-order valence-electron chi connectivity index (χ4n) is 3.21. The molecule has 0 saturated carbocycles. The van der Waals surface area contributed by atoms with Crippen LogP contribution in [0.2, 0.25) is 0 Å². The molecule has 2 aliphatic rings. The molecule has 2 aliphatic heterocycles. The van der Waals surface area contributed by atoms with Crippen molar-refractivity contribution in [1.29, 1.82) is 0 Å². The van der Waals surface area contributed by atoms with Gasteiger partial charge in [-0.25, -0.2) is 0 Å². The van der Waals surface area contributed by atoms with E-state index in [0.29, 0.717) is 0 Å². The summed E-state index contributed by atoms with van der Waals surface area (Å²) in [5.74, 6) is 2.81. The van der Waals surface area contributed by atoms with Crippen LogP contribution in [0, 0.1) is 17.8 Å². The number of piperidine rings is 2. The first-order chi connectivity index (χ1) is 9.00. The van der Waals surface area contributed by atoms with Gasteiger partial charge in [-0.05, 0) is 76.9 Å². The number of rotatable bonds is 2. The fourth-order valence-corrected chi connectivity index (χ4v) is 3.21. The Kier molecular flexibility index (Phi) is 8.01. The van der Waals surface area contributed by atoms with E-state index < -0.39 is 0 Å². The molecule has 0 bridgehead atoms. The lowest BCUT2D eigenvalue weighted by Gasteiger charge is -2.33. The van der Waals surface area contributed by atoms with Gasteiger partial charge in [0.1, 0.15) is 0 Å². The summed E-state index contributed by atoms with van der Waals surface area (Å²) in [6.07, 6.45) is 5.61. The van der Waals surface area contributed by atoms with Gasteiger partial charge in [0.05, 0.1) is 0 Å². The highest BCUT2D eigenvalue weighted by atomic mass is 15.1. The summed E-state index contributed by atoms with van der Waals surface area (Å²) in [4.78, 5) is 2.58.